The second-order valence-electron chi connectivity index (χ2n) is 7.49. The first kappa shape index (κ1) is 20.5. The molecule has 0 aliphatic carbocycles. The van der Waals surface area contributed by atoms with Gasteiger partial charge in [0, 0.05) is 25.4 Å². The molecule has 3 aromatic heterocycles. The zero-order valence-corrected chi connectivity index (χ0v) is 17.7. The number of hydrogen-bond donors (Lipinski definition) is 1. The van der Waals surface area contributed by atoms with Gasteiger partial charge in [0.05, 0.1) is 5.56 Å². The zero-order chi connectivity index (χ0) is 21.8. The van der Waals surface area contributed by atoms with Crippen LogP contribution in [-0.2, 0) is 13.0 Å². The van der Waals surface area contributed by atoms with E-state index in [9.17, 15) is 4.79 Å². The van der Waals surface area contributed by atoms with Gasteiger partial charge in [-0.25, -0.2) is 9.97 Å². The van der Waals surface area contributed by atoms with Crippen LogP contribution in [0.15, 0.2) is 59.6 Å². The smallest absolute Gasteiger partial charge is 0.271 e. The van der Waals surface area contributed by atoms with E-state index in [1.54, 1.807) is 29.4 Å². The molecule has 1 aromatic carbocycles. The Bertz CT molecular complexity index is 1180. The first-order valence-electron chi connectivity index (χ1n) is 10.2. The van der Waals surface area contributed by atoms with Crippen molar-refractivity contribution in [2.24, 2.45) is 0 Å². The normalized spacial score (nSPS) is 11.1. The number of carbonyl (C=O) groups excluding carboxylic acids is 1. The van der Waals surface area contributed by atoms with Crippen LogP contribution < -0.4 is 5.32 Å². The van der Waals surface area contributed by atoms with Gasteiger partial charge in [-0.05, 0) is 29.2 Å². The summed E-state index contributed by atoms with van der Waals surface area (Å²) in [5.41, 5.74) is 3.28. The summed E-state index contributed by atoms with van der Waals surface area (Å²) in [5.74, 6) is 1.78. The number of nitrogens with zero attached hydrogens (tertiary/aromatic N) is 5. The van der Waals surface area contributed by atoms with Crippen LogP contribution in [0.4, 0.5) is 0 Å². The summed E-state index contributed by atoms with van der Waals surface area (Å²) in [6.07, 6.45) is 5.53. The Kier molecular flexibility index (Phi) is 5.88. The molecule has 0 saturated heterocycles. The molecule has 8 heteroatoms. The van der Waals surface area contributed by atoms with Crippen LogP contribution in [0.1, 0.15) is 54.1 Å². The maximum atomic E-state index is 12.6. The van der Waals surface area contributed by atoms with Gasteiger partial charge < -0.3 is 9.84 Å². The Morgan fingerprint density at radius 2 is 1.97 bits per heavy atom. The topological polar surface area (TPSA) is 98.7 Å². The van der Waals surface area contributed by atoms with Crippen molar-refractivity contribution in [3.63, 3.8) is 0 Å². The van der Waals surface area contributed by atoms with Gasteiger partial charge in [-0.3, -0.25) is 9.36 Å². The summed E-state index contributed by atoms with van der Waals surface area (Å²) in [4.78, 5) is 25.6. The van der Waals surface area contributed by atoms with Gasteiger partial charge in [-0.1, -0.05) is 50.2 Å². The molecule has 1 N–H and O–H groups in total. The quantitative estimate of drug-likeness (QED) is 0.490. The predicted molar refractivity (Wildman–Crippen MR) is 116 cm³/mol. The molecular weight excluding hydrogens is 392 g/mol. The number of hydrogen-bond acceptors (Lipinski definition) is 6. The van der Waals surface area contributed by atoms with E-state index >= 15 is 0 Å². The van der Waals surface area contributed by atoms with Gasteiger partial charge >= 0.3 is 0 Å². The number of pyridine rings is 1. The van der Waals surface area contributed by atoms with Crippen LogP contribution >= 0.6 is 0 Å². The molecule has 31 heavy (non-hydrogen) atoms. The lowest BCUT2D eigenvalue weighted by atomic mass is 10.0. The number of benzene rings is 1. The van der Waals surface area contributed by atoms with Crippen LogP contribution in [0, 0.1) is 0 Å². The van der Waals surface area contributed by atoms with Crippen LogP contribution in [-0.4, -0.2) is 30.6 Å². The van der Waals surface area contributed by atoms with Gasteiger partial charge in [0.15, 0.2) is 11.6 Å². The average Bonchev–Trinajstić information content (AvgIpc) is 3.47. The monoisotopic (exact) mass is 416 g/mol. The third-order valence-corrected chi connectivity index (χ3v) is 4.96. The molecule has 0 aliphatic rings. The molecule has 0 fully saturated rings. The van der Waals surface area contributed by atoms with Crippen molar-refractivity contribution in [2.75, 3.05) is 0 Å². The lowest BCUT2D eigenvalue weighted by Crippen LogP contribution is -2.23. The van der Waals surface area contributed by atoms with Crippen molar-refractivity contribution < 1.29 is 9.32 Å². The minimum atomic E-state index is -0.254. The van der Waals surface area contributed by atoms with E-state index in [2.05, 4.69) is 51.4 Å². The molecule has 0 spiro atoms. The molecule has 4 aromatic rings. The second kappa shape index (κ2) is 8.91. The number of nitrogens with one attached hydrogen (secondary N) is 1. The highest BCUT2D eigenvalue weighted by Crippen LogP contribution is 2.23. The third-order valence-electron chi connectivity index (χ3n) is 4.96. The molecular formula is C23H24N6O2. The molecule has 0 unspecified atom stereocenters. The van der Waals surface area contributed by atoms with Crippen LogP contribution in [0.5, 0.6) is 0 Å². The second-order valence-corrected chi connectivity index (χ2v) is 7.49. The molecule has 0 atom stereocenters. The minimum Gasteiger partial charge on any atom is -0.347 e. The molecule has 0 radical (unpaired) electrons. The Balaban J connectivity index is 1.49. The molecule has 0 saturated carbocycles. The Morgan fingerprint density at radius 3 is 2.68 bits per heavy atom. The Morgan fingerprint density at radius 1 is 1.16 bits per heavy atom. The van der Waals surface area contributed by atoms with Crippen molar-refractivity contribution in [3.8, 4) is 17.3 Å². The van der Waals surface area contributed by atoms with Gasteiger partial charge in [-0.2, -0.15) is 4.98 Å². The maximum Gasteiger partial charge on any atom is 0.271 e. The number of rotatable bonds is 7. The van der Waals surface area contributed by atoms with Gasteiger partial charge in [0.2, 0.25) is 0 Å². The average molecular weight is 416 g/mol. The predicted octanol–water partition coefficient (Wildman–Crippen LogP) is 3.93. The summed E-state index contributed by atoms with van der Waals surface area (Å²) in [5, 5.41) is 6.85. The number of amides is 1. The Labute approximate surface area is 180 Å². The SMILES string of the molecule is CCc1noc(-c2cccnc2-n2cnc(C(=O)NCc3ccc(C(C)C)cc3)c2)n1. The molecule has 4 rings (SSSR count). The largest absolute Gasteiger partial charge is 0.347 e. The van der Waals surface area contributed by atoms with E-state index < -0.39 is 0 Å². The number of aryl methyl sites for hydroxylation is 1. The van der Waals surface area contributed by atoms with Crippen molar-refractivity contribution >= 4 is 5.91 Å². The van der Waals surface area contributed by atoms with Crippen molar-refractivity contribution in [2.45, 2.75) is 39.7 Å². The van der Waals surface area contributed by atoms with E-state index in [0.29, 0.717) is 47.7 Å². The standard InChI is InChI=1S/C23H24N6O2/c1-4-20-27-23(31-28-20)18-6-5-11-24-21(18)29-13-19(26-14-29)22(30)25-12-16-7-9-17(10-8-16)15(2)3/h5-11,13-15H,4,12H2,1-3H3,(H,25,30). The molecule has 3 heterocycles. The summed E-state index contributed by atoms with van der Waals surface area (Å²) in [7, 11) is 0. The molecule has 8 nitrogen and oxygen atoms in total. The van der Waals surface area contributed by atoms with Crippen molar-refractivity contribution in [3.05, 3.63) is 77.8 Å². The molecule has 0 bridgehead atoms. The Hall–Kier alpha value is -3.81. The van der Waals surface area contributed by atoms with E-state index in [1.807, 2.05) is 25.1 Å². The van der Waals surface area contributed by atoms with E-state index in [0.717, 1.165) is 5.56 Å². The van der Waals surface area contributed by atoms with E-state index in [-0.39, 0.29) is 5.91 Å². The summed E-state index contributed by atoms with van der Waals surface area (Å²) in [6, 6.07) is 11.9. The summed E-state index contributed by atoms with van der Waals surface area (Å²) in [6.45, 7) is 6.70. The number of carbonyl (C=O) groups is 1. The maximum absolute atomic E-state index is 12.6. The fourth-order valence-corrected chi connectivity index (χ4v) is 3.13. The number of aromatic nitrogens is 5. The van der Waals surface area contributed by atoms with Crippen molar-refractivity contribution in [1.29, 1.82) is 0 Å². The van der Waals surface area contributed by atoms with Gasteiger partial charge in [-0.15, -0.1) is 0 Å². The van der Waals surface area contributed by atoms with E-state index in [4.69, 9.17) is 4.52 Å². The van der Waals surface area contributed by atoms with Crippen LogP contribution in [0.3, 0.4) is 0 Å². The zero-order valence-electron chi connectivity index (χ0n) is 17.7. The number of imidazole rings is 1. The summed E-state index contributed by atoms with van der Waals surface area (Å²) >= 11 is 0. The van der Waals surface area contributed by atoms with Gasteiger partial charge in [0.1, 0.15) is 12.0 Å². The summed E-state index contributed by atoms with van der Waals surface area (Å²) < 4.78 is 7.03. The fourth-order valence-electron chi connectivity index (χ4n) is 3.13. The van der Waals surface area contributed by atoms with Crippen molar-refractivity contribution in [1.82, 2.24) is 30.0 Å². The molecule has 158 valence electrons. The first-order valence-corrected chi connectivity index (χ1v) is 10.2. The first-order chi connectivity index (χ1) is 15.0. The highest BCUT2D eigenvalue weighted by Gasteiger charge is 2.17. The van der Waals surface area contributed by atoms with Crippen LogP contribution in [0.25, 0.3) is 17.3 Å². The molecule has 1 amide bonds. The minimum absolute atomic E-state index is 0.254. The fraction of sp³-hybridized carbons (Fsp3) is 0.261. The third kappa shape index (κ3) is 4.53. The highest BCUT2D eigenvalue weighted by molar-refractivity contribution is 5.92. The van der Waals surface area contributed by atoms with E-state index in [1.165, 1.54) is 5.56 Å². The lowest BCUT2D eigenvalue weighted by Gasteiger charge is -2.07. The lowest BCUT2D eigenvalue weighted by molar-refractivity contribution is 0.0946. The highest BCUT2D eigenvalue weighted by atomic mass is 16.5. The van der Waals surface area contributed by atoms with Gasteiger partial charge in [0.25, 0.3) is 11.8 Å². The van der Waals surface area contributed by atoms with Crippen LogP contribution in [0.2, 0.25) is 0 Å². The molecule has 0 aliphatic heterocycles.